The number of fused-ring (bicyclic) bond motifs is 4. The van der Waals surface area contributed by atoms with Crippen molar-refractivity contribution in [3.8, 4) is 0 Å². The second-order valence-corrected chi connectivity index (χ2v) is 19.1. The van der Waals surface area contributed by atoms with Crippen molar-refractivity contribution in [2.75, 3.05) is 93.5 Å². The number of aliphatic hydroxyl groups excluding tert-OH is 8. The predicted molar refractivity (Wildman–Crippen MR) is 202 cm³/mol. The Hall–Kier alpha value is -0.760. The van der Waals surface area contributed by atoms with Crippen molar-refractivity contribution in [1.29, 1.82) is 0 Å². The first-order valence-electron chi connectivity index (χ1n) is 20.7. The second kappa shape index (κ2) is 18.0. The molecule has 344 valence electrons. The van der Waals surface area contributed by atoms with Gasteiger partial charge in [0.05, 0.1) is 128 Å². The molecule has 0 aromatic heterocycles. The van der Waals surface area contributed by atoms with E-state index in [4.69, 9.17) is 52.1 Å². The van der Waals surface area contributed by atoms with Gasteiger partial charge in [-0.3, -0.25) is 0 Å². The Bertz CT molecular complexity index is 1400. The topological polar surface area (TPSA) is 263 Å². The van der Waals surface area contributed by atoms with Gasteiger partial charge in [0.15, 0.2) is 0 Å². The minimum Gasteiger partial charge on any atom is -0.394 e. The van der Waals surface area contributed by atoms with Crippen molar-refractivity contribution in [2.24, 2.45) is 22.7 Å². The summed E-state index contributed by atoms with van der Waals surface area (Å²) in [5.41, 5.74) is -6.38. The Morgan fingerprint density at radius 2 is 0.847 bits per heavy atom. The van der Waals surface area contributed by atoms with E-state index in [0.29, 0.717) is 13.2 Å². The molecule has 0 radical (unpaired) electrons. The van der Waals surface area contributed by atoms with Crippen LogP contribution in [-0.4, -0.2) is 230 Å². The van der Waals surface area contributed by atoms with Gasteiger partial charge in [-0.05, 0) is 27.7 Å². The monoisotopic (exact) mass is 854 g/mol. The van der Waals surface area contributed by atoms with Crippen LogP contribution in [0.3, 0.4) is 0 Å². The average Bonchev–Trinajstić information content (AvgIpc) is 3.56. The predicted octanol–water partition coefficient (Wildman–Crippen LogP) is -2.85. The summed E-state index contributed by atoms with van der Waals surface area (Å²) in [7, 11) is 3.05. The van der Waals surface area contributed by atoms with Crippen LogP contribution < -0.4 is 0 Å². The summed E-state index contributed by atoms with van der Waals surface area (Å²) in [5.74, 6) is -1.74. The van der Waals surface area contributed by atoms with Gasteiger partial charge >= 0.3 is 0 Å². The SMILES string of the molecule is COCC1(C)OC(CO)C(O)C(COCC2(C)OC3COC(C2O)C3(C)COCC2(C)OC(CO)C(O)C(COCC3(C)OC4COC(C3O)C4(C)COC)C2O)C1O. The third-order valence-corrected chi connectivity index (χ3v) is 14.3. The minimum absolute atomic E-state index is 0.0201. The standard InChI is InChI=1S/C40H70O19/c1-35(15-49-7)25-13-54-33(35)31(47)39(5,58-25)18-52-12-22-28(44)24(10-42)57-38(4,30(22)46)20-53-16-36(2)26-14-55-34(36)32(48)40(6,59-26)19-51-11-21-27(43)23(9-41)56-37(3,17-50-8)29(21)45/h21-34,41-48H,9-20H2,1-8H3. The second-order valence-electron chi connectivity index (χ2n) is 19.1. The summed E-state index contributed by atoms with van der Waals surface area (Å²) < 4.78 is 65.6. The van der Waals surface area contributed by atoms with Crippen LogP contribution in [-0.2, 0) is 52.1 Å². The highest BCUT2D eigenvalue weighted by Gasteiger charge is 2.64. The Balaban J connectivity index is 1.04. The maximum atomic E-state index is 11.7. The molecule has 19 heteroatoms. The summed E-state index contributed by atoms with van der Waals surface area (Å²) in [5, 5.41) is 87.8. The fourth-order valence-electron chi connectivity index (χ4n) is 10.3. The van der Waals surface area contributed by atoms with Crippen LogP contribution in [0.4, 0.5) is 0 Å². The van der Waals surface area contributed by atoms with Gasteiger partial charge in [0.25, 0.3) is 0 Å². The summed E-state index contributed by atoms with van der Waals surface area (Å²) in [6.07, 6.45) is -11.4. The number of rotatable bonds is 18. The molecule has 6 saturated heterocycles. The molecular formula is C40H70O19. The van der Waals surface area contributed by atoms with Gasteiger partial charge in [0.1, 0.15) is 46.8 Å². The molecule has 20 atom stereocenters. The van der Waals surface area contributed by atoms with Gasteiger partial charge in [-0.2, -0.15) is 0 Å². The molecule has 6 rings (SSSR count). The summed E-state index contributed by atoms with van der Waals surface area (Å²) in [6, 6.07) is 0. The molecule has 0 aliphatic carbocycles. The molecule has 6 heterocycles. The van der Waals surface area contributed by atoms with Crippen molar-refractivity contribution < 1.29 is 93.0 Å². The van der Waals surface area contributed by atoms with Gasteiger partial charge in [-0.25, -0.2) is 0 Å². The van der Waals surface area contributed by atoms with Crippen LogP contribution in [0.5, 0.6) is 0 Å². The van der Waals surface area contributed by atoms with Crippen LogP contribution in [0, 0.1) is 22.7 Å². The lowest BCUT2D eigenvalue weighted by Gasteiger charge is -2.51. The molecule has 6 fully saturated rings. The van der Waals surface area contributed by atoms with E-state index in [0.717, 1.165) is 0 Å². The van der Waals surface area contributed by atoms with E-state index >= 15 is 0 Å². The largest absolute Gasteiger partial charge is 0.394 e. The highest BCUT2D eigenvalue weighted by molar-refractivity contribution is 5.11. The van der Waals surface area contributed by atoms with Crippen molar-refractivity contribution in [2.45, 2.75) is 137 Å². The van der Waals surface area contributed by atoms with Crippen LogP contribution in [0.1, 0.15) is 41.5 Å². The van der Waals surface area contributed by atoms with Crippen LogP contribution in [0.15, 0.2) is 0 Å². The quantitative estimate of drug-likeness (QED) is 0.0690. The lowest BCUT2D eigenvalue weighted by molar-refractivity contribution is -0.288. The van der Waals surface area contributed by atoms with Crippen molar-refractivity contribution in [3.05, 3.63) is 0 Å². The number of hydrogen-bond acceptors (Lipinski definition) is 19. The van der Waals surface area contributed by atoms with Gasteiger partial charge in [-0.15, -0.1) is 0 Å². The fraction of sp³-hybridized carbons (Fsp3) is 1.00. The third-order valence-electron chi connectivity index (χ3n) is 14.3. The van der Waals surface area contributed by atoms with Gasteiger partial charge in [-0.1, -0.05) is 13.8 Å². The lowest BCUT2D eigenvalue weighted by atomic mass is 9.72. The van der Waals surface area contributed by atoms with Crippen LogP contribution in [0.25, 0.3) is 0 Å². The smallest absolute Gasteiger partial charge is 0.117 e. The molecule has 20 unspecified atom stereocenters. The summed E-state index contributed by atoms with van der Waals surface area (Å²) >= 11 is 0. The fourth-order valence-corrected chi connectivity index (χ4v) is 10.3. The van der Waals surface area contributed by atoms with Crippen molar-refractivity contribution in [3.63, 3.8) is 0 Å². The normalized spacial score (nSPS) is 52.3. The van der Waals surface area contributed by atoms with Crippen molar-refractivity contribution in [1.82, 2.24) is 0 Å². The maximum Gasteiger partial charge on any atom is 0.117 e. The Morgan fingerprint density at radius 3 is 1.25 bits per heavy atom. The van der Waals surface area contributed by atoms with E-state index in [1.165, 1.54) is 7.11 Å². The summed E-state index contributed by atoms with van der Waals surface area (Å²) in [6.45, 7) is 9.75. The number of aliphatic hydroxyl groups is 8. The highest BCUT2D eigenvalue weighted by Crippen LogP contribution is 2.50. The van der Waals surface area contributed by atoms with Gasteiger partial charge in [0.2, 0.25) is 0 Å². The van der Waals surface area contributed by atoms with E-state index < -0.39 is 125 Å². The van der Waals surface area contributed by atoms with Crippen molar-refractivity contribution >= 4 is 0 Å². The molecule has 0 spiro atoms. The molecule has 19 nitrogen and oxygen atoms in total. The average molecular weight is 855 g/mol. The number of methoxy groups -OCH3 is 2. The van der Waals surface area contributed by atoms with Crippen LogP contribution in [0.2, 0.25) is 0 Å². The Labute approximate surface area is 346 Å². The van der Waals surface area contributed by atoms with E-state index in [1.54, 1.807) is 34.8 Å². The number of hydrogen-bond donors (Lipinski definition) is 8. The first kappa shape index (κ1) is 47.7. The van der Waals surface area contributed by atoms with E-state index in [1.807, 2.05) is 13.8 Å². The molecular weight excluding hydrogens is 784 g/mol. The van der Waals surface area contributed by atoms with Crippen LogP contribution >= 0.6 is 0 Å². The minimum atomic E-state index is -1.40. The first-order valence-corrected chi connectivity index (χ1v) is 20.7. The molecule has 6 aliphatic rings. The Morgan fingerprint density at radius 1 is 0.475 bits per heavy atom. The highest BCUT2D eigenvalue weighted by atomic mass is 16.6. The zero-order chi connectivity index (χ0) is 43.3. The molecule has 6 aliphatic heterocycles. The van der Waals surface area contributed by atoms with Gasteiger partial charge < -0.3 is 93.0 Å². The summed E-state index contributed by atoms with van der Waals surface area (Å²) in [4.78, 5) is 0. The molecule has 8 N–H and O–H groups in total. The maximum absolute atomic E-state index is 11.7. The molecule has 0 saturated carbocycles. The molecule has 59 heavy (non-hydrogen) atoms. The zero-order valence-electron chi connectivity index (χ0n) is 35.6. The zero-order valence-corrected chi connectivity index (χ0v) is 35.6. The van der Waals surface area contributed by atoms with Gasteiger partial charge in [0, 0.05) is 36.9 Å². The lowest BCUT2D eigenvalue weighted by Crippen LogP contribution is -2.66. The van der Waals surface area contributed by atoms with E-state index in [2.05, 4.69) is 0 Å². The molecule has 4 bridgehead atoms. The molecule has 0 amide bonds. The third kappa shape index (κ3) is 8.51. The molecule has 0 aromatic rings. The number of ether oxygens (including phenoxy) is 11. The first-order chi connectivity index (χ1) is 27.7. The van der Waals surface area contributed by atoms with E-state index in [9.17, 15) is 40.9 Å². The van der Waals surface area contributed by atoms with E-state index in [-0.39, 0.29) is 59.0 Å². The molecule has 0 aromatic carbocycles. The Kier molecular flexibility index (Phi) is 14.6.